The van der Waals surface area contributed by atoms with E-state index in [0.29, 0.717) is 0 Å². The van der Waals surface area contributed by atoms with E-state index in [9.17, 15) is 9.18 Å². The number of fused-ring (bicyclic) bond motifs is 1. The van der Waals surface area contributed by atoms with E-state index >= 15 is 0 Å². The molecule has 3 rings (SSSR count). The summed E-state index contributed by atoms with van der Waals surface area (Å²) in [5.74, 6) is 0.552. The fraction of sp³-hybridized carbons (Fsp3) is 0.562. The van der Waals surface area contributed by atoms with Crippen LogP contribution < -0.4 is 10.6 Å². The number of amides is 1. The molecule has 2 aliphatic rings. The molecule has 1 aromatic rings. The molecule has 1 aromatic carbocycles. The van der Waals surface area contributed by atoms with E-state index in [1.807, 2.05) is 0 Å². The Morgan fingerprint density at radius 1 is 1.36 bits per heavy atom. The molecule has 6 heteroatoms. The van der Waals surface area contributed by atoms with Crippen LogP contribution in [0.3, 0.4) is 0 Å². The molecule has 2 aliphatic heterocycles. The summed E-state index contributed by atoms with van der Waals surface area (Å²) >= 11 is 1.71. The second kappa shape index (κ2) is 7.44. The van der Waals surface area contributed by atoms with Crippen molar-refractivity contribution in [2.75, 3.05) is 25.4 Å². The Morgan fingerprint density at radius 2 is 2.18 bits per heavy atom. The number of nitrogens with one attached hydrogen (secondary N) is 2. The highest BCUT2D eigenvalue weighted by atomic mass is 32.2. The molecule has 0 saturated carbocycles. The lowest BCUT2D eigenvalue weighted by Crippen LogP contribution is -2.37. The molecule has 2 heterocycles. The van der Waals surface area contributed by atoms with Gasteiger partial charge in [-0.05, 0) is 56.1 Å². The van der Waals surface area contributed by atoms with Gasteiger partial charge in [0.05, 0.1) is 12.1 Å². The SMILES string of the molecule is O=C(COC1CCNCC1)NC1CCSc2ccc(F)cc21. The number of rotatable bonds is 4. The lowest BCUT2D eigenvalue weighted by molar-refractivity contribution is -0.129. The van der Waals surface area contributed by atoms with Crippen LogP contribution in [-0.2, 0) is 9.53 Å². The van der Waals surface area contributed by atoms with Crippen molar-refractivity contribution >= 4 is 17.7 Å². The van der Waals surface area contributed by atoms with Gasteiger partial charge in [-0.25, -0.2) is 4.39 Å². The van der Waals surface area contributed by atoms with Gasteiger partial charge in [-0.2, -0.15) is 0 Å². The zero-order chi connectivity index (χ0) is 15.4. The van der Waals surface area contributed by atoms with Crippen molar-refractivity contribution in [3.63, 3.8) is 0 Å². The van der Waals surface area contributed by atoms with Crippen LogP contribution >= 0.6 is 11.8 Å². The predicted octanol–water partition coefficient (Wildman–Crippen LogP) is 2.25. The first-order valence-corrected chi connectivity index (χ1v) is 8.75. The molecule has 2 N–H and O–H groups in total. The van der Waals surface area contributed by atoms with Gasteiger partial charge in [0.1, 0.15) is 12.4 Å². The Hall–Kier alpha value is -1.11. The minimum Gasteiger partial charge on any atom is -0.368 e. The monoisotopic (exact) mass is 324 g/mol. The molecule has 4 nitrogen and oxygen atoms in total. The van der Waals surface area contributed by atoms with E-state index in [4.69, 9.17) is 4.74 Å². The van der Waals surface area contributed by atoms with Crippen LogP contribution in [-0.4, -0.2) is 37.5 Å². The minimum atomic E-state index is -0.258. The number of hydrogen-bond donors (Lipinski definition) is 2. The quantitative estimate of drug-likeness (QED) is 0.892. The van der Waals surface area contributed by atoms with Gasteiger partial charge in [-0.15, -0.1) is 11.8 Å². The molecule has 1 atom stereocenters. The van der Waals surface area contributed by atoms with Gasteiger partial charge in [0.15, 0.2) is 0 Å². The summed E-state index contributed by atoms with van der Waals surface area (Å²) < 4.78 is 19.1. The number of ether oxygens (including phenoxy) is 1. The molecule has 0 aromatic heterocycles. The normalized spacial score (nSPS) is 22.1. The first-order chi connectivity index (χ1) is 10.7. The van der Waals surface area contributed by atoms with E-state index in [0.717, 1.165) is 48.6 Å². The fourth-order valence-electron chi connectivity index (χ4n) is 2.91. The number of piperidine rings is 1. The number of halogens is 1. The summed E-state index contributed by atoms with van der Waals surface area (Å²) in [6.45, 7) is 1.97. The minimum absolute atomic E-state index is 0.0823. The largest absolute Gasteiger partial charge is 0.368 e. The predicted molar refractivity (Wildman–Crippen MR) is 84.5 cm³/mol. The van der Waals surface area contributed by atoms with Gasteiger partial charge in [0, 0.05) is 10.6 Å². The van der Waals surface area contributed by atoms with E-state index < -0.39 is 0 Å². The lowest BCUT2D eigenvalue weighted by Gasteiger charge is -2.27. The number of benzene rings is 1. The maximum atomic E-state index is 13.4. The summed E-state index contributed by atoms with van der Waals surface area (Å²) in [7, 11) is 0. The molecular weight excluding hydrogens is 303 g/mol. The topological polar surface area (TPSA) is 50.4 Å². The van der Waals surface area contributed by atoms with Crippen LogP contribution in [0.5, 0.6) is 0 Å². The number of carbonyl (C=O) groups is 1. The fourth-order valence-corrected chi connectivity index (χ4v) is 4.01. The molecule has 0 radical (unpaired) electrons. The smallest absolute Gasteiger partial charge is 0.246 e. The zero-order valence-corrected chi connectivity index (χ0v) is 13.3. The average molecular weight is 324 g/mol. The second-order valence-corrected chi connectivity index (χ2v) is 6.84. The van der Waals surface area contributed by atoms with E-state index in [2.05, 4.69) is 10.6 Å². The molecule has 0 bridgehead atoms. The van der Waals surface area contributed by atoms with E-state index in [-0.39, 0.29) is 30.5 Å². The third kappa shape index (κ3) is 4.00. The van der Waals surface area contributed by atoms with Crippen LogP contribution in [0.4, 0.5) is 4.39 Å². The first-order valence-electron chi connectivity index (χ1n) is 7.76. The van der Waals surface area contributed by atoms with E-state index in [1.54, 1.807) is 17.8 Å². The standard InChI is InChI=1S/C16H21FN2O2S/c17-11-1-2-15-13(9-11)14(5-8-22-15)19-16(20)10-21-12-3-6-18-7-4-12/h1-2,9,12,14,18H,3-8,10H2,(H,19,20). The molecular formula is C16H21FN2O2S. The van der Waals surface area contributed by atoms with Crippen molar-refractivity contribution in [2.24, 2.45) is 0 Å². The van der Waals surface area contributed by atoms with Crippen molar-refractivity contribution in [3.8, 4) is 0 Å². The zero-order valence-electron chi connectivity index (χ0n) is 12.4. The summed E-state index contributed by atoms with van der Waals surface area (Å²) in [6, 6.07) is 4.67. The Balaban J connectivity index is 1.54. The molecule has 120 valence electrons. The van der Waals surface area contributed by atoms with Crippen molar-refractivity contribution < 1.29 is 13.9 Å². The van der Waals surface area contributed by atoms with Crippen LogP contribution in [0.25, 0.3) is 0 Å². The number of carbonyl (C=O) groups excluding carboxylic acids is 1. The highest BCUT2D eigenvalue weighted by Crippen LogP contribution is 2.36. The molecule has 22 heavy (non-hydrogen) atoms. The Bertz CT molecular complexity index is 535. The maximum absolute atomic E-state index is 13.4. The van der Waals surface area contributed by atoms with Gasteiger partial charge < -0.3 is 15.4 Å². The van der Waals surface area contributed by atoms with E-state index in [1.165, 1.54) is 12.1 Å². The summed E-state index contributed by atoms with van der Waals surface area (Å²) in [5, 5.41) is 6.25. The molecule has 1 amide bonds. The van der Waals surface area contributed by atoms with Gasteiger partial charge in [0.25, 0.3) is 0 Å². The average Bonchev–Trinajstić information content (AvgIpc) is 2.54. The number of thioether (sulfide) groups is 1. The van der Waals surface area contributed by atoms with Crippen LogP contribution in [0, 0.1) is 5.82 Å². The summed E-state index contributed by atoms with van der Waals surface area (Å²) in [6.07, 6.45) is 2.88. The van der Waals surface area contributed by atoms with Gasteiger partial charge >= 0.3 is 0 Å². The molecule has 0 aliphatic carbocycles. The van der Waals surface area contributed by atoms with Gasteiger partial charge in [-0.1, -0.05) is 0 Å². The van der Waals surface area contributed by atoms with Gasteiger partial charge in [-0.3, -0.25) is 4.79 Å². The molecule has 0 spiro atoms. The highest BCUT2D eigenvalue weighted by molar-refractivity contribution is 7.99. The van der Waals surface area contributed by atoms with Crippen LogP contribution in [0.2, 0.25) is 0 Å². The molecule has 1 fully saturated rings. The van der Waals surface area contributed by atoms with Crippen molar-refractivity contribution in [1.82, 2.24) is 10.6 Å². The first kappa shape index (κ1) is 15.8. The summed E-state index contributed by atoms with van der Waals surface area (Å²) in [4.78, 5) is 13.1. The third-order valence-electron chi connectivity index (χ3n) is 4.08. The van der Waals surface area contributed by atoms with Crippen molar-refractivity contribution in [3.05, 3.63) is 29.6 Å². The Kier molecular flexibility index (Phi) is 5.33. The van der Waals surface area contributed by atoms with Crippen molar-refractivity contribution in [1.29, 1.82) is 0 Å². The Morgan fingerprint density at radius 3 is 3.00 bits per heavy atom. The van der Waals surface area contributed by atoms with Crippen LogP contribution in [0.1, 0.15) is 30.9 Å². The Labute approximate surface area is 134 Å². The highest BCUT2D eigenvalue weighted by Gasteiger charge is 2.23. The third-order valence-corrected chi connectivity index (χ3v) is 5.21. The summed E-state index contributed by atoms with van der Waals surface area (Å²) in [5.41, 5.74) is 0.881. The number of hydrogen-bond acceptors (Lipinski definition) is 4. The van der Waals surface area contributed by atoms with Crippen molar-refractivity contribution in [2.45, 2.75) is 36.3 Å². The van der Waals surface area contributed by atoms with Gasteiger partial charge in [0.2, 0.25) is 5.91 Å². The van der Waals surface area contributed by atoms with Crippen LogP contribution in [0.15, 0.2) is 23.1 Å². The lowest BCUT2D eigenvalue weighted by atomic mass is 10.0. The maximum Gasteiger partial charge on any atom is 0.246 e. The molecule has 1 unspecified atom stereocenters. The second-order valence-electron chi connectivity index (χ2n) is 5.70. The molecule has 1 saturated heterocycles.